The molecule has 3 unspecified atom stereocenters. The number of rotatable bonds is 3. The lowest BCUT2D eigenvalue weighted by Crippen LogP contribution is -2.62. The first-order chi connectivity index (χ1) is 9.62. The molecule has 116 valence electrons. The summed E-state index contributed by atoms with van der Waals surface area (Å²) in [4.78, 5) is 3.01. The Morgan fingerprint density at radius 1 is 1.00 bits per heavy atom. The number of piperidine rings is 2. The van der Waals surface area contributed by atoms with Crippen molar-refractivity contribution in [2.75, 3.05) is 6.54 Å². The third-order valence-corrected chi connectivity index (χ3v) is 6.33. The number of fused-ring (bicyclic) bond motifs is 2. The molecule has 3 atom stereocenters. The largest absolute Gasteiger partial charge is 0.314 e. The van der Waals surface area contributed by atoms with Gasteiger partial charge in [0.15, 0.2) is 0 Å². The Morgan fingerprint density at radius 3 is 2.30 bits per heavy atom. The van der Waals surface area contributed by atoms with Crippen LogP contribution in [-0.4, -0.2) is 35.6 Å². The van der Waals surface area contributed by atoms with Crippen LogP contribution in [0.3, 0.4) is 0 Å². The normalized spacial score (nSPS) is 41.5. The van der Waals surface area contributed by atoms with Crippen LogP contribution in [0.2, 0.25) is 0 Å². The molecule has 2 heterocycles. The molecule has 0 aromatic carbocycles. The number of nitrogens with one attached hydrogen (secondary N) is 1. The van der Waals surface area contributed by atoms with Crippen LogP contribution in [0.4, 0.5) is 0 Å². The van der Waals surface area contributed by atoms with E-state index in [4.69, 9.17) is 0 Å². The highest BCUT2D eigenvalue weighted by Crippen LogP contribution is 2.45. The van der Waals surface area contributed by atoms with Crippen molar-refractivity contribution < 1.29 is 0 Å². The van der Waals surface area contributed by atoms with E-state index in [1.807, 2.05) is 0 Å². The maximum Gasteiger partial charge on any atom is 0.0152 e. The van der Waals surface area contributed by atoms with E-state index in [1.54, 1.807) is 0 Å². The Hall–Kier alpha value is -0.0800. The zero-order valence-corrected chi connectivity index (χ0v) is 13.8. The molecule has 2 nitrogen and oxygen atoms in total. The second kappa shape index (κ2) is 5.96. The van der Waals surface area contributed by atoms with Crippen LogP contribution < -0.4 is 5.32 Å². The fourth-order valence-corrected chi connectivity index (χ4v) is 5.41. The van der Waals surface area contributed by atoms with Crippen molar-refractivity contribution in [1.82, 2.24) is 10.2 Å². The van der Waals surface area contributed by atoms with E-state index in [0.717, 1.165) is 30.7 Å². The van der Waals surface area contributed by atoms with Gasteiger partial charge in [0.2, 0.25) is 0 Å². The zero-order chi connectivity index (χ0) is 14.2. The first kappa shape index (κ1) is 14.8. The number of nitrogens with zero attached hydrogens (tertiary/aromatic N) is 1. The van der Waals surface area contributed by atoms with Crippen LogP contribution in [0, 0.1) is 5.41 Å². The van der Waals surface area contributed by atoms with Gasteiger partial charge in [-0.2, -0.15) is 0 Å². The predicted octanol–water partition coefficient (Wildman–Crippen LogP) is 3.95. The van der Waals surface area contributed by atoms with Crippen LogP contribution >= 0.6 is 0 Å². The summed E-state index contributed by atoms with van der Waals surface area (Å²) >= 11 is 0. The molecule has 0 aromatic heterocycles. The van der Waals surface area contributed by atoms with Crippen molar-refractivity contribution in [1.29, 1.82) is 0 Å². The Labute approximate surface area is 125 Å². The van der Waals surface area contributed by atoms with E-state index in [-0.39, 0.29) is 0 Å². The highest BCUT2D eigenvalue weighted by atomic mass is 15.3. The fraction of sp³-hybridized carbons (Fsp3) is 1.00. The molecule has 1 aliphatic carbocycles. The van der Waals surface area contributed by atoms with Crippen molar-refractivity contribution in [3.05, 3.63) is 0 Å². The molecular weight excluding hydrogens is 244 g/mol. The first-order valence-electron chi connectivity index (χ1n) is 9.12. The molecule has 2 saturated heterocycles. The van der Waals surface area contributed by atoms with Crippen molar-refractivity contribution in [3.63, 3.8) is 0 Å². The molecular formula is C18H34N2. The number of hydrogen-bond acceptors (Lipinski definition) is 2. The summed E-state index contributed by atoms with van der Waals surface area (Å²) in [6.07, 6.45) is 13.0. The van der Waals surface area contributed by atoms with Crippen LogP contribution in [0.5, 0.6) is 0 Å². The number of hydrogen-bond donors (Lipinski definition) is 1. The molecule has 3 fully saturated rings. The standard InChI is InChI=1S/C18H34N2/c1-4-19-14-12-15-8-7-9-16(13-14)20(15)17-10-5-6-11-18(17,2)3/h14-17,19H,4-13H2,1-3H3. The molecule has 2 bridgehead atoms. The molecule has 0 radical (unpaired) electrons. The summed E-state index contributed by atoms with van der Waals surface area (Å²) in [5.41, 5.74) is 0.539. The molecule has 2 heteroatoms. The van der Waals surface area contributed by atoms with Gasteiger partial charge in [0.05, 0.1) is 0 Å². The highest BCUT2D eigenvalue weighted by Gasteiger charge is 2.46. The fourth-order valence-electron chi connectivity index (χ4n) is 5.41. The van der Waals surface area contributed by atoms with Crippen LogP contribution in [0.25, 0.3) is 0 Å². The summed E-state index contributed by atoms with van der Waals surface area (Å²) in [5.74, 6) is 0. The smallest absolute Gasteiger partial charge is 0.0152 e. The minimum absolute atomic E-state index is 0.539. The van der Waals surface area contributed by atoms with Gasteiger partial charge in [-0.3, -0.25) is 4.90 Å². The van der Waals surface area contributed by atoms with Gasteiger partial charge in [0, 0.05) is 24.2 Å². The van der Waals surface area contributed by atoms with Gasteiger partial charge in [0.1, 0.15) is 0 Å². The summed E-state index contributed by atoms with van der Waals surface area (Å²) in [6.45, 7) is 8.46. The third-order valence-electron chi connectivity index (χ3n) is 6.33. The van der Waals surface area contributed by atoms with Gasteiger partial charge in [-0.15, -0.1) is 0 Å². The molecule has 2 aliphatic heterocycles. The van der Waals surface area contributed by atoms with Crippen LogP contribution in [0.15, 0.2) is 0 Å². The third kappa shape index (κ3) is 2.78. The Balaban J connectivity index is 1.76. The minimum atomic E-state index is 0.539. The highest BCUT2D eigenvalue weighted by molar-refractivity contribution is 5.01. The molecule has 0 spiro atoms. The van der Waals surface area contributed by atoms with E-state index in [2.05, 4.69) is 31.0 Å². The Bertz CT molecular complexity index is 311. The monoisotopic (exact) mass is 278 g/mol. The lowest BCUT2D eigenvalue weighted by atomic mass is 9.69. The zero-order valence-electron chi connectivity index (χ0n) is 13.8. The molecule has 0 amide bonds. The van der Waals surface area contributed by atoms with Gasteiger partial charge in [-0.1, -0.05) is 40.0 Å². The van der Waals surface area contributed by atoms with E-state index >= 15 is 0 Å². The SMILES string of the molecule is CCNC1CC2CCCC(C1)N2C1CCCCC1(C)C. The van der Waals surface area contributed by atoms with Crippen molar-refractivity contribution >= 4 is 0 Å². The average Bonchev–Trinajstić information content (AvgIpc) is 2.38. The van der Waals surface area contributed by atoms with Crippen molar-refractivity contribution in [2.45, 2.75) is 103 Å². The minimum Gasteiger partial charge on any atom is -0.314 e. The van der Waals surface area contributed by atoms with E-state index in [9.17, 15) is 0 Å². The molecule has 1 N–H and O–H groups in total. The maximum atomic E-state index is 3.73. The van der Waals surface area contributed by atoms with Gasteiger partial charge in [-0.25, -0.2) is 0 Å². The molecule has 3 aliphatic rings. The quantitative estimate of drug-likeness (QED) is 0.841. The van der Waals surface area contributed by atoms with Gasteiger partial charge in [-0.05, 0) is 50.5 Å². The topological polar surface area (TPSA) is 15.3 Å². The summed E-state index contributed by atoms with van der Waals surface area (Å²) in [6, 6.07) is 3.38. The Kier molecular flexibility index (Phi) is 4.42. The van der Waals surface area contributed by atoms with E-state index < -0.39 is 0 Å². The van der Waals surface area contributed by atoms with Crippen molar-refractivity contribution in [2.24, 2.45) is 5.41 Å². The molecule has 3 rings (SSSR count). The van der Waals surface area contributed by atoms with Crippen molar-refractivity contribution in [3.8, 4) is 0 Å². The maximum absolute atomic E-state index is 3.73. The average molecular weight is 278 g/mol. The summed E-state index contributed by atoms with van der Waals surface area (Å²) in [7, 11) is 0. The molecule has 20 heavy (non-hydrogen) atoms. The van der Waals surface area contributed by atoms with Crippen LogP contribution in [-0.2, 0) is 0 Å². The lowest BCUT2D eigenvalue weighted by molar-refractivity contribution is -0.0651. The van der Waals surface area contributed by atoms with Gasteiger partial charge < -0.3 is 5.32 Å². The van der Waals surface area contributed by atoms with E-state index in [0.29, 0.717) is 5.41 Å². The summed E-state index contributed by atoms with van der Waals surface area (Å²) in [5, 5.41) is 3.73. The summed E-state index contributed by atoms with van der Waals surface area (Å²) < 4.78 is 0. The van der Waals surface area contributed by atoms with Crippen LogP contribution in [0.1, 0.15) is 78.6 Å². The Morgan fingerprint density at radius 2 is 1.70 bits per heavy atom. The van der Waals surface area contributed by atoms with E-state index in [1.165, 1.54) is 57.8 Å². The second-order valence-corrected chi connectivity index (χ2v) is 8.16. The molecule has 1 saturated carbocycles. The van der Waals surface area contributed by atoms with Gasteiger partial charge in [0.25, 0.3) is 0 Å². The second-order valence-electron chi connectivity index (χ2n) is 8.16. The first-order valence-corrected chi connectivity index (χ1v) is 9.12. The molecule has 0 aromatic rings. The lowest BCUT2D eigenvalue weighted by Gasteiger charge is -2.57. The van der Waals surface area contributed by atoms with Gasteiger partial charge >= 0.3 is 0 Å². The predicted molar refractivity (Wildman–Crippen MR) is 86.0 cm³/mol.